The van der Waals surface area contributed by atoms with Crippen LogP contribution in [0.25, 0.3) is 0 Å². The zero-order valence-electron chi connectivity index (χ0n) is 15.7. The lowest BCUT2D eigenvalue weighted by atomic mass is 10.0. The van der Waals surface area contributed by atoms with Crippen LogP contribution < -0.4 is 15.0 Å². The molecule has 2 aliphatic heterocycles. The van der Waals surface area contributed by atoms with Crippen LogP contribution in [0, 0.1) is 0 Å². The number of rotatable bonds is 4. The molecule has 1 N–H and O–H groups in total. The number of ether oxygens (including phenoxy) is 3. The molecule has 1 atom stereocenters. The summed E-state index contributed by atoms with van der Waals surface area (Å²) in [5.41, 5.74) is 1.53. The van der Waals surface area contributed by atoms with Gasteiger partial charge in [-0.1, -0.05) is 17.8 Å². The summed E-state index contributed by atoms with van der Waals surface area (Å²) in [6, 6.07) is 5.90. The molecule has 7 nitrogen and oxygen atoms in total. The molecule has 0 radical (unpaired) electrons. The molecule has 1 aromatic carbocycles. The maximum Gasteiger partial charge on any atom is 0.271 e. The number of thioether (sulfide) groups is 1. The highest BCUT2D eigenvalue weighted by Crippen LogP contribution is 2.47. The third-order valence-corrected chi connectivity index (χ3v) is 6.19. The molecule has 27 heavy (non-hydrogen) atoms. The van der Waals surface area contributed by atoms with E-state index in [9.17, 15) is 4.79 Å². The largest absolute Gasteiger partial charge is 0.497 e. The topological polar surface area (TPSA) is 77.8 Å². The number of aromatic amines is 1. The van der Waals surface area contributed by atoms with Gasteiger partial charge in [0.05, 0.1) is 36.1 Å². The molecule has 3 heterocycles. The molecule has 1 saturated heterocycles. The molecule has 144 valence electrons. The van der Waals surface area contributed by atoms with Gasteiger partial charge in [-0.15, -0.1) is 0 Å². The third kappa shape index (κ3) is 3.27. The molecular weight excluding hydrogens is 366 g/mol. The van der Waals surface area contributed by atoms with Crippen LogP contribution in [0.3, 0.4) is 0 Å². The molecule has 0 saturated carbocycles. The first-order chi connectivity index (χ1) is 13.1. The molecule has 0 unspecified atom stereocenters. The molecule has 8 heteroatoms. The minimum Gasteiger partial charge on any atom is -0.497 e. The van der Waals surface area contributed by atoms with Crippen LogP contribution in [0.5, 0.6) is 11.5 Å². The van der Waals surface area contributed by atoms with Gasteiger partial charge in [-0.2, -0.15) is 0 Å². The van der Waals surface area contributed by atoms with E-state index < -0.39 is 0 Å². The Hall–Kier alpha value is -2.19. The smallest absolute Gasteiger partial charge is 0.271 e. The average Bonchev–Trinajstić information content (AvgIpc) is 3.03. The first kappa shape index (κ1) is 18.2. The van der Waals surface area contributed by atoms with Gasteiger partial charge >= 0.3 is 0 Å². The van der Waals surface area contributed by atoms with E-state index in [-0.39, 0.29) is 16.9 Å². The molecule has 1 fully saturated rings. The van der Waals surface area contributed by atoms with Gasteiger partial charge < -0.3 is 14.2 Å². The Morgan fingerprint density at radius 3 is 2.74 bits per heavy atom. The summed E-state index contributed by atoms with van der Waals surface area (Å²) >= 11 is 1.57. The van der Waals surface area contributed by atoms with Gasteiger partial charge in [-0.05, 0) is 25.8 Å². The van der Waals surface area contributed by atoms with Crippen LogP contribution in [0.15, 0.2) is 28.0 Å². The number of aliphatic imine (C=N–C) groups is 1. The van der Waals surface area contributed by atoms with Crippen molar-refractivity contribution in [3.63, 3.8) is 0 Å². The van der Waals surface area contributed by atoms with E-state index in [2.05, 4.69) is 5.10 Å². The molecule has 2 aromatic rings. The highest BCUT2D eigenvalue weighted by atomic mass is 32.2. The van der Waals surface area contributed by atoms with E-state index in [1.807, 2.05) is 29.8 Å². The van der Waals surface area contributed by atoms with Crippen molar-refractivity contribution in [1.82, 2.24) is 9.78 Å². The fourth-order valence-electron chi connectivity index (χ4n) is 3.67. The minimum absolute atomic E-state index is 0.0943. The number of methoxy groups -OCH3 is 2. The van der Waals surface area contributed by atoms with Crippen LogP contribution in [0.1, 0.15) is 42.2 Å². The van der Waals surface area contributed by atoms with Crippen molar-refractivity contribution < 1.29 is 14.2 Å². The summed E-state index contributed by atoms with van der Waals surface area (Å²) in [5, 5.41) is 3.77. The van der Waals surface area contributed by atoms with E-state index in [0.29, 0.717) is 24.5 Å². The summed E-state index contributed by atoms with van der Waals surface area (Å²) in [4.78, 5) is 17.6. The van der Waals surface area contributed by atoms with Crippen LogP contribution in [0.4, 0.5) is 5.82 Å². The minimum atomic E-state index is -0.178. The van der Waals surface area contributed by atoms with E-state index in [1.165, 1.54) is 0 Å². The van der Waals surface area contributed by atoms with E-state index in [1.54, 1.807) is 26.0 Å². The van der Waals surface area contributed by atoms with Crippen LogP contribution in [-0.2, 0) is 4.74 Å². The highest BCUT2D eigenvalue weighted by Gasteiger charge is 2.33. The number of aromatic nitrogens is 2. The quantitative estimate of drug-likeness (QED) is 0.867. The van der Waals surface area contributed by atoms with Crippen molar-refractivity contribution in [2.75, 3.05) is 27.4 Å². The Labute approximate surface area is 161 Å². The highest BCUT2D eigenvalue weighted by molar-refractivity contribution is 8.14. The summed E-state index contributed by atoms with van der Waals surface area (Å²) < 4.78 is 18.3. The summed E-state index contributed by atoms with van der Waals surface area (Å²) in [6.07, 6.45) is 1.74. The monoisotopic (exact) mass is 389 g/mol. The van der Waals surface area contributed by atoms with Crippen molar-refractivity contribution in [2.45, 2.75) is 31.1 Å². The predicted molar refractivity (Wildman–Crippen MR) is 106 cm³/mol. The lowest BCUT2D eigenvalue weighted by Crippen LogP contribution is -2.21. The fraction of sp³-hybridized carbons (Fsp3) is 0.474. The first-order valence-electron chi connectivity index (χ1n) is 8.98. The Balaban J connectivity index is 1.82. The van der Waals surface area contributed by atoms with Gasteiger partial charge in [0, 0.05) is 24.8 Å². The van der Waals surface area contributed by atoms with E-state index in [4.69, 9.17) is 19.2 Å². The molecule has 1 aromatic heterocycles. The number of H-pyrrole nitrogens is 1. The van der Waals surface area contributed by atoms with Crippen molar-refractivity contribution in [3.8, 4) is 11.5 Å². The Bertz CT molecular complexity index is 928. The van der Waals surface area contributed by atoms with Gasteiger partial charge in [0.2, 0.25) is 0 Å². The molecular formula is C19H23N3O4S. The first-order valence-corrected chi connectivity index (χ1v) is 9.86. The molecule has 0 spiro atoms. The van der Waals surface area contributed by atoms with Gasteiger partial charge in [-0.25, -0.2) is 4.99 Å². The zero-order valence-corrected chi connectivity index (χ0v) is 16.5. The lowest BCUT2D eigenvalue weighted by Gasteiger charge is -2.26. The standard InChI is InChI=1S/C19H23N3O4S/c1-11-20-18-16(19(23)21-22(18)12-6-8-26-9-7-12)17(27-11)14-5-4-13(24-2)10-15(14)25-3/h4-5,10,12,17H,6-9H2,1-3H3,(H,21,23)/t17-/m0/s1. The summed E-state index contributed by atoms with van der Waals surface area (Å²) in [5.74, 6) is 2.15. The number of fused-ring (bicyclic) bond motifs is 1. The van der Waals surface area contributed by atoms with Gasteiger partial charge in [-0.3, -0.25) is 14.6 Å². The fourth-order valence-corrected chi connectivity index (χ4v) is 4.80. The number of nitrogens with zero attached hydrogens (tertiary/aromatic N) is 2. The number of hydrogen-bond acceptors (Lipinski definition) is 6. The summed E-state index contributed by atoms with van der Waals surface area (Å²) in [7, 11) is 3.25. The van der Waals surface area contributed by atoms with Crippen LogP contribution in [-0.4, -0.2) is 42.3 Å². The second-order valence-electron chi connectivity index (χ2n) is 6.63. The number of nitrogens with one attached hydrogen (secondary N) is 1. The zero-order chi connectivity index (χ0) is 19.0. The Kier molecular flexibility index (Phi) is 5.01. The Morgan fingerprint density at radius 1 is 1.26 bits per heavy atom. The van der Waals surface area contributed by atoms with Crippen molar-refractivity contribution in [1.29, 1.82) is 0 Å². The van der Waals surface area contributed by atoms with Gasteiger partial charge in [0.1, 0.15) is 11.5 Å². The van der Waals surface area contributed by atoms with Crippen LogP contribution in [0.2, 0.25) is 0 Å². The van der Waals surface area contributed by atoms with Gasteiger partial charge in [0.25, 0.3) is 5.56 Å². The molecule has 4 rings (SSSR count). The molecule has 0 aliphatic carbocycles. The SMILES string of the molecule is COc1ccc([C@@H]2SC(C)=Nc3c2c(=O)[nH]n3C2CCOCC2)c(OC)c1. The van der Waals surface area contributed by atoms with Crippen molar-refractivity contribution in [3.05, 3.63) is 39.7 Å². The van der Waals surface area contributed by atoms with Crippen LogP contribution >= 0.6 is 11.8 Å². The van der Waals surface area contributed by atoms with Crippen molar-refractivity contribution >= 4 is 22.6 Å². The summed E-state index contributed by atoms with van der Waals surface area (Å²) in [6.45, 7) is 3.38. The normalized spacial score (nSPS) is 20.1. The number of benzene rings is 1. The third-order valence-electron chi connectivity index (χ3n) is 5.03. The molecule has 0 bridgehead atoms. The second kappa shape index (κ2) is 7.44. The lowest BCUT2D eigenvalue weighted by molar-refractivity contribution is 0.0666. The van der Waals surface area contributed by atoms with Gasteiger partial charge in [0.15, 0.2) is 5.82 Å². The number of hydrogen-bond donors (Lipinski definition) is 1. The average molecular weight is 389 g/mol. The van der Waals surface area contributed by atoms with E-state index >= 15 is 0 Å². The second-order valence-corrected chi connectivity index (χ2v) is 7.93. The Morgan fingerprint density at radius 2 is 2.04 bits per heavy atom. The maximum absolute atomic E-state index is 12.9. The maximum atomic E-state index is 12.9. The molecule has 0 amide bonds. The van der Waals surface area contributed by atoms with Crippen molar-refractivity contribution in [2.24, 2.45) is 4.99 Å². The predicted octanol–water partition coefficient (Wildman–Crippen LogP) is 3.43. The van der Waals surface area contributed by atoms with E-state index in [0.717, 1.165) is 35.0 Å². The molecule has 2 aliphatic rings.